The van der Waals surface area contributed by atoms with Gasteiger partial charge in [-0.1, -0.05) is 30.3 Å². The molecule has 4 aliphatic rings. The second kappa shape index (κ2) is 29.6. The summed E-state index contributed by atoms with van der Waals surface area (Å²) in [6.45, 7) is 4.45. The summed E-state index contributed by atoms with van der Waals surface area (Å²) in [5, 5.41) is 20.0. The molecular weight excluding hydrogens is 1130 g/mol. The topological polar surface area (TPSA) is 260 Å². The number of piperidine rings is 1. The number of carbonyl (C=O) groups is 4. The number of benzene rings is 3. The highest BCUT2D eigenvalue weighted by atomic mass is 32.2. The van der Waals surface area contributed by atoms with Gasteiger partial charge in [-0.15, -0.1) is 0 Å². The van der Waals surface area contributed by atoms with E-state index in [1.165, 1.54) is 24.5 Å². The number of aromatic nitrogens is 4. The normalized spacial score (nSPS) is 20.9. The number of rotatable bonds is 25. The lowest BCUT2D eigenvalue weighted by atomic mass is 9.84. The molecule has 86 heavy (non-hydrogen) atoms. The van der Waals surface area contributed by atoms with Crippen molar-refractivity contribution in [1.29, 1.82) is 5.26 Å². The monoisotopic (exact) mass is 1210 g/mol. The number of nitriles is 1. The summed E-state index contributed by atoms with van der Waals surface area (Å²) < 4.78 is 50.9. The molecule has 0 unspecified atom stereocenters. The second-order valence-electron chi connectivity index (χ2n) is 22.8. The quantitative estimate of drug-likeness (QED) is 0.0390. The number of carbonyl (C=O) groups excluding carboxylic acids is 4. The van der Waals surface area contributed by atoms with E-state index < -0.39 is 15.9 Å². The molecule has 0 spiro atoms. The molecule has 0 radical (unpaired) electrons. The zero-order chi connectivity index (χ0) is 59.8. The Labute approximate surface area is 507 Å². The maximum absolute atomic E-state index is 13.7. The van der Waals surface area contributed by atoms with E-state index in [1.54, 1.807) is 36.7 Å². The van der Waals surface area contributed by atoms with E-state index in [0.717, 1.165) is 135 Å². The van der Waals surface area contributed by atoms with Crippen molar-refractivity contribution in [1.82, 2.24) is 45.1 Å². The Bertz CT molecular complexity index is 3400. The van der Waals surface area contributed by atoms with Crippen LogP contribution in [0.15, 0.2) is 121 Å². The lowest BCUT2D eigenvalue weighted by Gasteiger charge is -2.36. The fraction of sp³-hybridized carbons (Fsp3) is 0.453. The molecule has 20 nitrogen and oxygen atoms in total. The van der Waals surface area contributed by atoms with Crippen molar-refractivity contribution in [2.75, 3.05) is 51.2 Å². The molecule has 2 aliphatic heterocycles. The Balaban J connectivity index is 0.583. The Hall–Kier alpha value is -7.68. The number of ether oxygens (including phenoxy) is 3. The van der Waals surface area contributed by atoms with Crippen LogP contribution in [-0.2, 0) is 45.2 Å². The molecular formula is C64H75N11O9S2. The molecule has 4 N–H and O–H groups in total. The average Bonchev–Trinajstić information content (AvgIpc) is 3.59. The third kappa shape index (κ3) is 16.2. The van der Waals surface area contributed by atoms with Crippen molar-refractivity contribution < 1.29 is 41.8 Å². The summed E-state index contributed by atoms with van der Waals surface area (Å²) >= 11 is 0.904. The van der Waals surface area contributed by atoms with Gasteiger partial charge in [-0.25, -0.2) is 13.4 Å². The van der Waals surface area contributed by atoms with Gasteiger partial charge in [0.1, 0.15) is 23.9 Å². The first-order valence-corrected chi connectivity index (χ1v) is 32.2. The first-order valence-electron chi connectivity index (χ1n) is 30.0. The lowest BCUT2D eigenvalue weighted by Crippen LogP contribution is -2.45. The van der Waals surface area contributed by atoms with Crippen molar-refractivity contribution in [2.45, 2.75) is 126 Å². The molecule has 2 aliphatic carbocycles. The largest absolute Gasteiger partial charge is 0.455 e. The summed E-state index contributed by atoms with van der Waals surface area (Å²) in [6, 6.07) is 27.7. The van der Waals surface area contributed by atoms with Gasteiger partial charge in [0.25, 0.3) is 10.0 Å². The number of hydrogen-bond donors (Lipinski definition) is 4. The number of amides is 4. The van der Waals surface area contributed by atoms with Crippen molar-refractivity contribution in [2.24, 2.45) is 17.8 Å². The highest BCUT2D eigenvalue weighted by Crippen LogP contribution is 2.40. The van der Waals surface area contributed by atoms with Gasteiger partial charge in [-0.3, -0.25) is 33.9 Å². The Morgan fingerprint density at radius 1 is 0.791 bits per heavy atom. The van der Waals surface area contributed by atoms with Crippen molar-refractivity contribution >= 4 is 50.3 Å². The van der Waals surface area contributed by atoms with Crippen LogP contribution in [0.25, 0.3) is 22.3 Å². The number of hydrogen-bond acceptors (Lipinski definition) is 16. The summed E-state index contributed by atoms with van der Waals surface area (Å²) in [4.78, 5) is 68.0. The van der Waals surface area contributed by atoms with Crippen LogP contribution < -0.4 is 25.4 Å². The molecule has 2 saturated heterocycles. The summed E-state index contributed by atoms with van der Waals surface area (Å²) in [6.07, 6.45) is 19.3. The standard InChI is InChI=1S/C64H75N11O9S2/c1-74-60(77)38-56(61(74)49-7-3-26-67-41-49)62(78)69-30-34-83-53-16-14-52(15-17-53)82-33-4-8-59(76)72-51-12-9-46(10-13-51)63(79)75-31-24-43(25-32-75)21-27-68-40-44-5-2-6-47(35-44)48-11-19-58(55(37-48)45-22-28-66-29-23-45)84-57-20-18-54(36-50(57)39-65)86(80,81)73-64-70-42-71-85-64/h2-3,5-7,11,18-20,22-23,26,28-29,35-37,41-43,46,51-53,56,61,68H,4,8-10,12-17,21,24-25,27,30-34,38,40H2,1H3,(H,69,78)(H,72,76)(H,70,71,73)/t46?,51?,52?,53?,56-,61+/m0/s1. The van der Waals surface area contributed by atoms with E-state index >= 15 is 0 Å². The fourth-order valence-electron chi connectivity index (χ4n) is 12.3. The highest BCUT2D eigenvalue weighted by molar-refractivity contribution is 7.93. The number of anilines is 1. The van der Waals surface area contributed by atoms with Gasteiger partial charge >= 0.3 is 0 Å². The van der Waals surface area contributed by atoms with Gasteiger partial charge in [0.2, 0.25) is 28.8 Å². The van der Waals surface area contributed by atoms with Crippen LogP contribution in [0.4, 0.5) is 5.13 Å². The van der Waals surface area contributed by atoms with Crippen molar-refractivity contribution in [3.05, 3.63) is 133 Å². The van der Waals surface area contributed by atoms with Crippen LogP contribution >= 0.6 is 11.5 Å². The smallest absolute Gasteiger partial charge is 0.263 e. The Kier molecular flexibility index (Phi) is 21.1. The molecule has 3 aromatic carbocycles. The summed E-state index contributed by atoms with van der Waals surface area (Å²) in [7, 11) is -2.29. The predicted molar refractivity (Wildman–Crippen MR) is 325 cm³/mol. The third-order valence-electron chi connectivity index (χ3n) is 17.1. The maximum atomic E-state index is 13.7. The van der Waals surface area contributed by atoms with E-state index in [0.29, 0.717) is 50.8 Å². The van der Waals surface area contributed by atoms with Gasteiger partial charge in [0.15, 0.2) is 0 Å². The lowest BCUT2D eigenvalue weighted by molar-refractivity contribution is -0.138. The van der Waals surface area contributed by atoms with E-state index in [-0.39, 0.29) is 81.6 Å². The molecule has 5 heterocycles. The second-order valence-corrected chi connectivity index (χ2v) is 25.3. The SMILES string of the molecule is CN1C(=O)C[C@H](C(=O)NCCOC2CCC(OCCCC(=O)NC3CCC(C(=O)N4CCC(CCNCc5cccc(-c6ccc(Oc7ccc(S(=O)(=O)Nc8ncns8)cc7C#N)c(-c7ccncc7)c6)c5)CC4)CC3)CC2)[C@H]1c1cccnc1. The molecule has 0 bridgehead atoms. The summed E-state index contributed by atoms with van der Waals surface area (Å²) in [5.41, 5.74) is 5.66. The van der Waals surface area contributed by atoms with Gasteiger partial charge in [0, 0.05) is 107 Å². The van der Waals surface area contributed by atoms with Gasteiger partial charge in [-0.05, 0) is 172 Å². The molecule has 2 saturated carbocycles. The minimum Gasteiger partial charge on any atom is -0.455 e. The average molecular weight is 1210 g/mol. The maximum Gasteiger partial charge on any atom is 0.263 e. The van der Waals surface area contributed by atoms with E-state index in [9.17, 15) is 32.9 Å². The minimum absolute atomic E-state index is 0.0107. The zero-order valence-corrected chi connectivity index (χ0v) is 50.1. The number of pyridine rings is 2. The molecule has 4 amide bonds. The molecule has 6 aromatic rings. The Morgan fingerprint density at radius 2 is 1.55 bits per heavy atom. The van der Waals surface area contributed by atoms with Gasteiger partial charge in [0.05, 0.1) is 41.2 Å². The van der Waals surface area contributed by atoms with E-state index in [2.05, 4.69) is 69.2 Å². The third-order valence-corrected chi connectivity index (χ3v) is 19.1. The fourth-order valence-corrected chi connectivity index (χ4v) is 14.0. The van der Waals surface area contributed by atoms with Crippen LogP contribution in [-0.4, -0.2) is 126 Å². The van der Waals surface area contributed by atoms with Gasteiger partial charge in [-0.2, -0.15) is 9.64 Å². The van der Waals surface area contributed by atoms with Crippen molar-refractivity contribution in [3.8, 4) is 39.8 Å². The van der Waals surface area contributed by atoms with Crippen LogP contribution in [0.2, 0.25) is 0 Å². The van der Waals surface area contributed by atoms with Crippen LogP contribution in [0.5, 0.6) is 11.5 Å². The highest BCUT2D eigenvalue weighted by Gasteiger charge is 2.43. The zero-order valence-electron chi connectivity index (χ0n) is 48.5. The number of nitrogens with one attached hydrogen (secondary N) is 4. The minimum atomic E-state index is -4.02. The number of nitrogens with zero attached hydrogens (tertiary/aromatic N) is 7. The van der Waals surface area contributed by atoms with E-state index in [1.807, 2.05) is 48.5 Å². The first kappa shape index (κ1) is 61.4. The van der Waals surface area contributed by atoms with Crippen LogP contribution in [0.3, 0.4) is 0 Å². The first-order chi connectivity index (χ1) is 41.9. The molecule has 4 fully saturated rings. The molecule has 3 aromatic heterocycles. The van der Waals surface area contributed by atoms with E-state index in [4.69, 9.17) is 14.2 Å². The molecule has 10 rings (SSSR count). The predicted octanol–water partition coefficient (Wildman–Crippen LogP) is 8.98. The Morgan fingerprint density at radius 3 is 2.28 bits per heavy atom. The van der Waals surface area contributed by atoms with Crippen LogP contribution in [0.1, 0.15) is 113 Å². The van der Waals surface area contributed by atoms with Gasteiger partial charge < -0.3 is 40.0 Å². The number of sulfonamides is 1. The molecule has 2 atom stereocenters. The molecule has 22 heteroatoms. The summed E-state index contributed by atoms with van der Waals surface area (Å²) in [5.74, 6) is 0.873. The van der Waals surface area contributed by atoms with Crippen LogP contribution in [0, 0.1) is 29.1 Å². The number of likely N-dealkylation sites (tertiary alicyclic amines) is 2. The van der Waals surface area contributed by atoms with Crippen molar-refractivity contribution in [3.63, 3.8) is 0 Å². The molecule has 452 valence electrons.